The van der Waals surface area contributed by atoms with Gasteiger partial charge in [-0.3, -0.25) is 47.2 Å². The maximum absolute atomic E-state index is 16.3. The highest BCUT2D eigenvalue weighted by Gasteiger charge is 2.41. The molecule has 0 radical (unpaired) electrons. The van der Waals surface area contributed by atoms with Crippen LogP contribution in [0.25, 0.3) is 143 Å². The Kier molecular flexibility index (Phi) is 27.7. The predicted molar refractivity (Wildman–Crippen MR) is 563 cm³/mol. The first-order valence-corrected chi connectivity index (χ1v) is 47.3. The van der Waals surface area contributed by atoms with Gasteiger partial charge in [0.25, 0.3) is 0 Å². The van der Waals surface area contributed by atoms with Gasteiger partial charge in [0.2, 0.25) is 11.4 Å². The molecular weight excluding hydrogens is 1910 g/mol. The molecule has 0 aliphatic heterocycles. The van der Waals surface area contributed by atoms with Crippen molar-refractivity contribution in [1.29, 1.82) is 10.5 Å². The Morgan fingerprint density at radius 2 is 0.676 bits per heavy atom. The van der Waals surface area contributed by atoms with Crippen molar-refractivity contribution in [3.8, 4) is 74.4 Å². The summed E-state index contributed by atoms with van der Waals surface area (Å²) >= 11 is 38.8. The second kappa shape index (κ2) is 41.3. The Hall–Kier alpha value is -15.8. The zero-order valence-electron chi connectivity index (χ0n) is 75.4. The smallest absolute Gasteiger partial charge is 0.508 e. The lowest BCUT2D eigenvalue weighted by Crippen LogP contribution is -2.54. The maximum atomic E-state index is 16.3. The number of phenolic OH excluding ortho intramolecular Hbond substituents is 2. The zero-order chi connectivity index (χ0) is 98.7. The molecule has 8 aromatic heterocycles. The Morgan fingerprint density at radius 3 is 1.07 bits per heavy atom. The summed E-state index contributed by atoms with van der Waals surface area (Å²) in [6, 6.07) is 87.4. The monoisotopic (exact) mass is 1980 g/mol. The molecular formula is C109H72B4Cl6F4N16O3. The molecule has 33 heteroatoms. The van der Waals surface area contributed by atoms with Gasteiger partial charge in [0.15, 0.2) is 0 Å². The van der Waals surface area contributed by atoms with Crippen LogP contribution in [0, 0.1) is 42.7 Å². The van der Waals surface area contributed by atoms with Crippen LogP contribution in [0.4, 0.5) is 17.3 Å². The molecule has 0 aliphatic carbocycles. The van der Waals surface area contributed by atoms with Crippen molar-refractivity contribution in [2.24, 2.45) is 0 Å². The number of fused-ring (bicyclic) bond motifs is 6. The number of nitrogens with zero attached hydrogens (tertiary/aromatic N) is 16. The largest absolute Gasteiger partial charge is 0.678 e. The third-order valence-corrected chi connectivity index (χ3v) is 26.6. The van der Waals surface area contributed by atoms with E-state index in [0.717, 1.165) is 59.5 Å². The summed E-state index contributed by atoms with van der Waals surface area (Å²) in [4.78, 5) is 46.4. The molecule has 0 fully saturated rings. The van der Waals surface area contributed by atoms with E-state index in [9.17, 15) is 27.3 Å². The molecule has 0 saturated carbocycles. The summed E-state index contributed by atoms with van der Waals surface area (Å²) in [6.07, 6.45) is 12.0. The van der Waals surface area contributed by atoms with Crippen molar-refractivity contribution >= 4 is 208 Å². The fourth-order valence-electron chi connectivity index (χ4n) is 18.4. The molecule has 0 spiro atoms. The molecule has 12 aromatic carbocycles. The Bertz CT molecular complexity index is 8350. The van der Waals surface area contributed by atoms with Crippen LogP contribution in [0.2, 0.25) is 30.1 Å². The number of aromatic nitrogens is 12. The summed E-state index contributed by atoms with van der Waals surface area (Å²) in [6.45, 7) is 21.1. The van der Waals surface area contributed by atoms with Gasteiger partial charge in [-0.05, 0) is 169 Å². The molecule has 0 aliphatic rings. The van der Waals surface area contributed by atoms with E-state index in [4.69, 9.17) is 101 Å². The van der Waals surface area contributed by atoms with Gasteiger partial charge in [0.05, 0.1) is 124 Å². The second-order valence-corrected chi connectivity index (χ2v) is 36.1. The minimum absolute atomic E-state index is 0.0277. The van der Waals surface area contributed by atoms with Crippen molar-refractivity contribution in [3.05, 3.63) is 407 Å². The molecule has 20 rings (SSSR count). The Labute approximate surface area is 842 Å². The minimum Gasteiger partial charge on any atom is -0.508 e. The number of rotatable bonds is 24. The minimum atomic E-state index is -3.35. The fourth-order valence-corrected chi connectivity index (χ4v) is 19.4. The first-order chi connectivity index (χ1) is 69.1. The van der Waals surface area contributed by atoms with E-state index in [2.05, 4.69) is 57.6 Å². The number of hydrogen-bond donors (Lipinski definition) is 2. The number of unbranched alkanes of at least 4 members (excludes halogenated alkanes) is 5. The summed E-state index contributed by atoms with van der Waals surface area (Å²) in [5, 5.41) is 48.0. The number of aryl methyl sites for hydroxylation is 1. The molecule has 0 unspecified atom stereocenters. The van der Waals surface area contributed by atoms with Crippen molar-refractivity contribution in [2.75, 3.05) is 6.61 Å². The quantitative estimate of drug-likeness (QED) is 0.0249. The van der Waals surface area contributed by atoms with Gasteiger partial charge in [-0.25, -0.2) is 19.7 Å². The van der Waals surface area contributed by atoms with Crippen molar-refractivity contribution in [2.45, 2.75) is 52.4 Å². The van der Waals surface area contributed by atoms with E-state index in [1.807, 2.05) is 153 Å². The van der Waals surface area contributed by atoms with Gasteiger partial charge in [0.1, 0.15) is 51.9 Å². The summed E-state index contributed by atoms with van der Waals surface area (Å²) in [5.74, 6) is 0.533. The number of phenols is 2. The highest BCUT2D eigenvalue weighted by atomic mass is 35.5. The van der Waals surface area contributed by atoms with Crippen molar-refractivity contribution in [3.63, 3.8) is 0 Å². The van der Waals surface area contributed by atoms with Gasteiger partial charge in [0, 0.05) is 72.1 Å². The molecule has 0 amide bonds. The number of aromatic hydroxyl groups is 2. The summed E-state index contributed by atoms with van der Waals surface area (Å²) in [5.41, 5.74) is 9.43. The average molecular weight is 1990 g/mol. The van der Waals surface area contributed by atoms with Gasteiger partial charge < -0.3 is 32.9 Å². The Morgan fingerprint density at radius 1 is 0.366 bits per heavy atom. The normalized spacial score (nSPS) is 12.2. The lowest BCUT2D eigenvalue weighted by Gasteiger charge is -2.24. The molecule has 2 N–H and O–H groups in total. The van der Waals surface area contributed by atoms with Gasteiger partial charge in [-0.1, -0.05) is 282 Å². The molecule has 142 heavy (non-hydrogen) atoms. The molecule has 8 heterocycles. The van der Waals surface area contributed by atoms with E-state index in [-0.39, 0.29) is 94.5 Å². The average Bonchev–Trinajstić information content (AvgIpc) is 1.76. The molecule has 688 valence electrons. The summed E-state index contributed by atoms with van der Waals surface area (Å²) in [7, 11) is -6.69. The van der Waals surface area contributed by atoms with Crippen LogP contribution in [0.3, 0.4) is 0 Å². The number of ether oxygens (including phenoxy) is 1. The number of halogens is 10. The predicted octanol–water partition coefficient (Wildman–Crippen LogP) is 22.2. The first-order valence-electron chi connectivity index (χ1n) is 45.1. The van der Waals surface area contributed by atoms with E-state index in [1.165, 1.54) is 18.8 Å². The lowest BCUT2D eigenvalue weighted by atomic mass is 9.50. The third-order valence-electron chi connectivity index (χ3n) is 24.7. The van der Waals surface area contributed by atoms with Crippen molar-refractivity contribution in [1.82, 2.24) is 57.8 Å². The number of benzene rings is 12. The fraction of sp³-hybridized carbons (Fsp3) is 0.0826. The van der Waals surface area contributed by atoms with E-state index >= 15 is 17.3 Å². The second-order valence-electron chi connectivity index (χ2n) is 33.6. The zero-order valence-corrected chi connectivity index (χ0v) is 79.9. The van der Waals surface area contributed by atoms with Crippen LogP contribution in [0.1, 0.15) is 73.8 Å². The van der Waals surface area contributed by atoms with Crippen molar-refractivity contribution < 1.29 is 32.2 Å². The van der Waals surface area contributed by atoms with Crippen LogP contribution >= 0.6 is 69.6 Å². The molecule has 0 atom stereocenters. The van der Waals surface area contributed by atoms with Crippen LogP contribution in [-0.4, -0.2) is 103 Å². The van der Waals surface area contributed by atoms with E-state index < -0.39 is 44.9 Å². The molecule has 0 bridgehead atoms. The standard InChI is InChI=1S/C62H36B2Cl4N8O2.C47H36B2Cl2F4N8O/c1-70-58(55-36-72-51-31-47(66)49(68)33-53(51)74-55)62-57-56(59(37-22-26-43(77)27-23-37)76(62)64(41-18-10-4-11-19-41)42-20-12-5-13-21-42)61(45(34-69)54-35-71-50-30-46(65)48(67)32-52(50)73-54)75(60(57)38-24-28-44(78)29-25-38)63(39-14-6-2-7-15-39)40-16-8-3-9-17-40;1-4-5-6-7-8-9-22-64-33-18-14-30(15-19-33)44-41-42(47(63(44)49(54)55)43(57-3)40-27-59-38-24-32(51)17-21-36(38)61-40)45(29-12-10-28(2)11-13-29)62(48(52)53)46(41)34(25-56)39-26-58-37-23-31(50)16-20-35(37)60-39/h2-33,35-36,77-78H;10-21,23-24,26-27H,4-9,22H2,1-2H3/b61-45-,62-58+;46-34-,47-43+. The van der Waals surface area contributed by atoms with Gasteiger partial charge in [-0.2, -0.15) is 10.5 Å². The van der Waals surface area contributed by atoms with E-state index in [0.29, 0.717) is 130 Å². The molecule has 0 saturated heterocycles. The highest BCUT2D eigenvalue weighted by Crippen LogP contribution is 2.42. The SMILES string of the molecule is [C-]#[N+]/C(c1cnc2cc(Cl)c(Cl)cc2n1)=c1\c2c(-c3ccc(O)cc3)n(B(c3ccccc3)c3ccccc3)/c(=C(/C#N)c3cnc4cc(Cl)c(Cl)cc4n3)c2c(-c2ccc(O)cc2)n1B(c1ccccc1)c1ccccc1.[C-]#[N+]/C(c1cnc2cc(Cl)ccc2n1)=c1\c2c(-c3ccc(C)cc3)n(B(F)F)/c(=C(/C#N)c3cnc4cc(Cl)ccc4n3)c2c(-c2ccc(OCCCCCCCC)cc2)n1B(F)F. The first kappa shape index (κ1) is 95.1. The summed E-state index contributed by atoms with van der Waals surface area (Å²) < 4.78 is 76.7. The highest BCUT2D eigenvalue weighted by molar-refractivity contribution is 6.85. The number of hydrogen-bond acceptors (Lipinski definition) is 13. The van der Waals surface area contributed by atoms with Crippen LogP contribution in [-0.2, 0) is 0 Å². The van der Waals surface area contributed by atoms with Gasteiger partial charge in [-0.15, -0.1) is 0 Å². The van der Waals surface area contributed by atoms with Crippen LogP contribution in [0.5, 0.6) is 17.2 Å². The molecule has 20 aromatic rings. The van der Waals surface area contributed by atoms with Crippen LogP contribution < -0.4 is 48.0 Å². The van der Waals surface area contributed by atoms with Gasteiger partial charge >= 0.3 is 28.5 Å². The lowest BCUT2D eigenvalue weighted by molar-refractivity contribution is 0.304. The third kappa shape index (κ3) is 18.5. The van der Waals surface area contributed by atoms with Crippen LogP contribution in [0.15, 0.2) is 304 Å². The number of nitriles is 2. The molecule has 19 nitrogen and oxygen atoms in total. The maximum Gasteiger partial charge on any atom is 0.678 e. The topological polar surface area (TPSA) is 229 Å². The Balaban J connectivity index is 0.000000184. The van der Waals surface area contributed by atoms with E-state index in [1.54, 1.807) is 146 Å².